The molecule has 3 heteroatoms. The van der Waals surface area contributed by atoms with Gasteiger partial charge in [0.1, 0.15) is 0 Å². The highest BCUT2D eigenvalue weighted by Gasteiger charge is 2.02. The number of halogens is 1. The Morgan fingerprint density at radius 1 is 1.23 bits per heavy atom. The van der Waals surface area contributed by atoms with Gasteiger partial charge < -0.3 is 0 Å². The molecule has 0 N–H and O–H groups in total. The molecule has 62 valence electrons. The molecule has 0 aliphatic carbocycles. The van der Waals surface area contributed by atoms with Gasteiger partial charge in [0.15, 0.2) is 0 Å². The summed E-state index contributed by atoms with van der Waals surface area (Å²) in [4.78, 5) is 3.96. The number of fused-ring (bicyclic) bond motifs is 1. The summed E-state index contributed by atoms with van der Waals surface area (Å²) in [5.41, 5.74) is 0.627. The Balaban J connectivity index is 2.95. The number of hydrogen-bond acceptors (Lipinski definition) is 2. The van der Waals surface area contributed by atoms with E-state index in [1.54, 1.807) is 30.6 Å². The lowest BCUT2D eigenvalue weighted by Crippen LogP contribution is -1.81. The van der Waals surface area contributed by atoms with Crippen LogP contribution < -0.4 is 0 Å². The van der Waals surface area contributed by atoms with E-state index in [-0.39, 0.29) is 0 Å². The predicted molar refractivity (Wildman–Crippen MR) is 51.5 cm³/mol. The standard InChI is InChI=1S/C10H5ClN2/c11-10-2-1-7(5-12)8-3-4-13-6-9(8)10/h1-4,6H. The van der Waals surface area contributed by atoms with E-state index in [9.17, 15) is 0 Å². The fourth-order valence-electron chi connectivity index (χ4n) is 1.25. The highest BCUT2D eigenvalue weighted by molar-refractivity contribution is 6.35. The van der Waals surface area contributed by atoms with Gasteiger partial charge in [0.2, 0.25) is 0 Å². The van der Waals surface area contributed by atoms with Crippen LogP contribution in [0.4, 0.5) is 0 Å². The summed E-state index contributed by atoms with van der Waals surface area (Å²) in [6.45, 7) is 0. The molecule has 0 saturated carbocycles. The third kappa shape index (κ3) is 1.24. The van der Waals surface area contributed by atoms with E-state index in [0.717, 1.165) is 10.8 Å². The Bertz CT molecular complexity index is 500. The topological polar surface area (TPSA) is 36.7 Å². The maximum atomic E-state index is 8.81. The third-order valence-electron chi connectivity index (χ3n) is 1.89. The van der Waals surface area contributed by atoms with Crippen molar-refractivity contribution in [2.75, 3.05) is 0 Å². The molecule has 0 fully saturated rings. The maximum Gasteiger partial charge on any atom is 0.0998 e. The van der Waals surface area contributed by atoms with Crippen molar-refractivity contribution in [3.05, 3.63) is 41.2 Å². The van der Waals surface area contributed by atoms with Gasteiger partial charge >= 0.3 is 0 Å². The molecule has 0 amide bonds. The number of nitriles is 1. The minimum atomic E-state index is 0.627. The lowest BCUT2D eigenvalue weighted by Gasteiger charge is -2.00. The Labute approximate surface area is 80.4 Å². The van der Waals surface area contributed by atoms with Crippen LogP contribution in [-0.4, -0.2) is 4.98 Å². The molecule has 0 unspecified atom stereocenters. The third-order valence-corrected chi connectivity index (χ3v) is 2.21. The minimum absolute atomic E-state index is 0.627. The zero-order valence-corrected chi connectivity index (χ0v) is 7.42. The van der Waals surface area contributed by atoms with Crippen LogP contribution in [0.25, 0.3) is 10.8 Å². The van der Waals surface area contributed by atoms with E-state index in [1.165, 1.54) is 0 Å². The Morgan fingerprint density at radius 2 is 2.08 bits per heavy atom. The minimum Gasteiger partial charge on any atom is -0.264 e. The van der Waals surface area contributed by atoms with Crippen LogP contribution >= 0.6 is 11.6 Å². The van der Waals surface area contributed by atoms with Gasteiger partial charge in [-0.05, 0) is 18.2 Å². The fourth-order valence-corrected chi connectivity index (χ4v) is 1.47. The molecule has 13 heavy (non-hydrogen) atoms. The van der Waals surface area contributed by atoms with Crippen LogP contribution in [0.3, 0.4) is 0 Å². The first-order valence-electron chi connectivity index (χ1n) is 3.75. The molecule has 1 aromatic heterocycles. The smallest absolute Gasteiger partial charge is 0.0998 e. The molecule has 0 radical (unpaired) electrons. The molecule has 0 saturated heterocycles. The summed E-state index contributed by atoms with van der Waals surface area (Å²) >= 11 is 5.94. The van der Waals surface area contributed by atoms with Crippen molar-refractivity contribution in [3.8, 4) is 6.07 Å². The number of pyridine rings is 1. The van der Waals surface area contributed by atoms with Crippen molar-refractivity contribution in [2.24, 2.45) is 0 Å². The number of hydrogen-bond donors (Lipinski definition) is 0. The van der Waals surface area contributed by atoms with E-state index >= 15 is 0 Å². The zero-order chi connectivity index (χ0) is 9.26. The Hall–Kier alpha value is -1.59. The molecule has 0 atom stereocenters. The van der Waals surface area contributed by atoms with E-state index < -0.39 is 0 Å². The summed E-state index contributed by atoms with van der Waals surface area (Å²) in [6.07, 6.45) is 3.32. The monoisotopic (exact) mass is 188 g/mol. The van der Waals surface area contributed by atoms with E-state index in [1.807, 2.05) is 0 Å². The summed E-state index contributed by atoms with van der Waals surface area (Å²) < 4.78 is 0. The van der Waals surface area contributed by atoms with Gasteiger partial charge in [-0.15, -0.1) is 0 Å². The number of benzene rings is 1. The second-order valence-electron chi connectivity index (χ2n) is 2.63. The average Bonchev–Trinajstić information content (AvgIpc) is 2.19. The molecule has 0 spiro atoms. The normalized spacial score (nSPS) is 9.85. The second-order valence-corrected chi connectivity index (χ2v) is 3.04. The number of nitrogens with zero attached hydrogens (tertiary/aromatic N) is 2. The largest absolute Gasteiger partial charge is 0.264 e. The molecule has 2 rings (SSSR count). The number of aromatic nitrogens is 1. The van der Waals surface area contributed by atoms with Crippen LogP contribution in [0.15, 0.2) is 30.6 Å². The fraction of sp³-hybridized carbons (Fsp3) is 0. The summed E-state index contributed by atoms with van der Waals surface area (Å²) in [5, 5.41) is 11.1. The van der Waals surface area contributed by atoms with Crippen LogP contribution in [0.5, 0.6) is 0 Å². The van der Waals surface area contributed by atoms with Crippen LogP contribution in [-0.2, 0) is 0 Å². The molecule has 2 nitrogen and oxygen atoms in total. The SMILES string of the molecule is N#Cc1ccc(Cl)c2cnccc12. The van der Waals surface area contributed by atoms with Gasteiger partial charge in [0.05, 0.1) is 16.7 Å². The molecule has 2 aromatic rings. The summed E-state index contributed by atoms with van der Waals surface area (Å²) in [5.74, 6) is 0. The van der Waals surface area contributed by atoms with Crippen LogP contribution in [0, 0.1) is 11.3 Å². The van der Waals surface area contributed by atoms with Crippen molar-refractivity contribution >= 4 is 22.4 Å². The van der Waals surface area contributed by atoms with Gasteiger partial charge in [-0.3, -0.25) is 4.98 Å². The van der Waals surface area contributed by atoms with Gasteiger partial charge in [-0.25, -0.2) is 0 Å². The second kappa shape index (κ2) is 3.04. The van der Waals surface area contributed by atoms with Crippen molar-refractivity contribution in [3.63, 3.8) is 0 Å². The van der Waals surface area contributed by atoms with Gasteiger partial charge in [-0.2, -0.15) is 5.26 Å². The van der Waals surface area contributed by atoms with E-state index in [2.05, 4.69) is 11.1 Å². The van der Waals surface area contributed by atoms with E-state index in [0.29, 0.717) is 10.6 Å². The van der Waals surface area contributed by atoms with Gasteiger partial charge in [0, 0.05) is 23.2 Å². The highest BCUT2D eigenvalue weighted by atomic mass is 35.5. The molecular formula is C10H5ClN2. The van der Waals surface area contributed by atoms with Crippen molar-refractivity contribution < 1.29 is 0 Å². The van der Waals surface area contributed by atoms with Crippen molar-refractivity contribution in [1.82, 2.24) is 4.98 Å². The Kier molecular flexibility index (Phi) is 1.88. The molecule has 1 heterocycles. The lowest BCUT2D eigenvalue weighted by atomic mass is 10.1. The molecule has 0 aliphatic heterocycles. The highest BCUT2D eigenvalue weighted by Crippen LogP contribution is 2.24. The lowest BCUT2D eigenvalue weighted by molar-refractivity contribution is 1.36. The molecule has 0 aliphatic rings. The zero-order valence-electron chi connectivity index (χ0n) is 6.66. The summed E-state index contributed by atoms with van der Waals surface area (Å²) in [7, 11) is 0. The maximum absolute atomic E-state index is 8.81. The summed E-state index contributed by atoms with van der Waals surface area (Å²) in [6, 6.07) is 7.33. The quantitative estimate of drug-likeness (QED) is 0.638. The molecule has 1 aromatic carbocycles. The first-order valence-corrected chi connectivity index (χ1v) is 4.13. The molecule has 0 bridgehead atoms. The predicted octanol–water partition coefficient (Wildman–Crippen LogP) is 2.76. The average molecular weight is 189 g/mol. The van der Waals surface area contributed by atoms with E-state index in [4.69, 9.17) is 16.9 Å². The van der Waals surface area contributed by atoms with Crippen LogP contribution in [0.2, 0.25) is 5.02 Å². The first kappa shape index (κ1) is 8.03. The van der Waals surface area contributed by atoms with Crippen molar-refractivity contribution in [1.29, 1.82) is 5.26 Å². The Morgan fingerprint density at radius 3 is 2.85 bits per heavy atom. The molecular weight excluding hydrogens is 184 g/mol. The number of rotatable bonds is 0. The van der Waals surface area contributed by atoms with Crippen LogP contribution in [0.1, 0.15) is 5.56 Å². The van der Waals surface area contributed by atoms with Gasteiger partial charge in [-0.1, -0.05) is 11.6 Å². The van der Waals surface area contributed by atoms with Crippen molar-refractivity contribution in [2.45, 2.75) is 0 Å². The van der Waals surface area contributed by atoms with Gasteiger partial charge in [0.25, 0.3) is 0 Å². The first-order chi connectivity index (χ1) is 6.33.